The molecule has 3 N–H and O–H groups in total. The maximum Gasteiger partial charge on any atom is 0.321 e. The fourth-order valence-electron chi connectivity index (χ4n) is 1.37. The summed E-state index contributed by atoms with van der Waals surface area (Å²) in [6.45, 7) is 0.412. The van der Waals surface area contributed by atoms with E-state index in [0.717, 1.165) is 5.56 Å². The van der Waals surface area contributed by atoms with Crippen LogP contribution in [0.4, 0.5) is 0 Å². The maximum atomic E-state index is 11.5. The number of carbonyl (C=O) groups is 2. The van der Waals surface area contributed by atoms with Crippen molar-refractivity contribution in [3.8, 4) is 0 Å². The van der Waals surface area contributed by atoms with E-state index in [0.29, 0.717) is 6.54 Å². The Kier molecular flexibility index (Phi) is 5.16. The number of hydrogen-bond donors (Lipinski definition) is 3. The van der Waals surface area contributed by atoms with Crippen LogP contribution in [0, 0.1) is 0 Å². The van der Waals surface area contributed by atoms with Crippen molar-refractivity contribution < 1.29 is 14.7 Å². The Balaban J connectivity index is 2.37. The summed E-state index contributed by atoms with van der Waals surface area (Å²) in [5.41, 5.74) is 0.984. The first-order chi connectivity index (χ1) is 8.13. The predicted molar refractivity (Wildman–Crippen MR) is 63.4 cm³/mol. The molecule has 0 aromatic heterocycles. The molecule has 0 saturated carbocycles. The molecule has 0 aliphatic rings. The van der Waals surface area contributed by atoms with Crippen LogP contribution in [0.2, 0.25) is 0 Å². The summed E-state index contributed by atoms with van der Waals surface area (Å²) < 4.78 is 0. The largest absolute Gasteiger partial charge is 0.480 e. The van der Waals surface area contributed by atoms with Crippen molar-refractivity contribution in [2.24, 2.45) is 0 Å². The van der Waals surface area contributed by atoms with Crippen molar-refractivity contribution in [1.29, 1.82) is 0 Å². The molecule has 17 heavy (non-hydrogen) atoms. The molecule has 0 aliphatic heterocycles. The van der Waals surface area contributed by atoms with E-state index in [-0.39, 0.29) is 12.3 Å². The zero-order valence-electron chi connectivity index (χ0n) is 9.64. The first-order valence-corrected chi connectivity index (χ1v) is 5.34. The molecule has 0 aliphatic carbocycles. The quantitative estimate of drug-likeness (QED) is 0.666. The first-order valence-electron chi connectivity index (χ1n) is 5.34. The average molecular weight is 236 g/mol. The number of likely N-dealkylation sites (N-methyl/N-ethyl adjacent to an activating group) is 1. The highest BCUT2D eigenvalue weighted by Gasteiger charge is 2.18. The molecular weight excluding hydrogens is 220 g/mol. The van der Waals surface area contributed by atoms with Gasteiger partial charge in [-0.15, -0.1) is 0 Å². The molecule has 0 fully saturated rings. The van der Waals surface area contributed by atoms with Gasteiger partial charge in [-0.2, -0.15) is 0 Å². The average Bonchev–Trinajstić information content (AvgIpc) is 2.34. The molecule has 1 atom stereocenters. The van der Waals surface area contributed by atoms with Crippen LogP contribution >= 0.6 is 0 Å². The van der Waals surface area contributed by atoms with Gasteiger partial charge in [-0.25, -0.2) is 0 Å². The van der Waals surface area contributed by atoms with Gasteiger partial charge in [0.1, 0.15) is 6.04 Å². The molecule has 1 aromatic rings. The molecule has 0 heterocycles. The van der Waals surface area contributed by atoms with Crippen LogP contribution in [0.15, 0.2) is 30.3 Å². The summed E-state index contributed by atoms with van der Waals surface area (Å²) in [6.07, 6.45) is -0.0708. The zero-order chi connectivity index (χ0) is 12.7. The van der Waals surface area contributed by atoms with E-state index in [2.05, 4.69) is 10.6 Å². The number of carboxylic acids is 1. The van der Waals surface area contributed by atoms with Gasteiger partial charge < -0.3 is 15.7 Å². The monoisotopic (exact) mass is 236 g/mol. The molecule has 92 valence electrons. The third kappa shape index (κ3) is 4.65. The minimum Gasteiger partial charge on any atom is -0.480 e. The molecule has 0 saturated heterocycles. The fraction of sp³-hybridized carbons (Fsp3) is 0.333. The van der Waals surface area contributed by atoms with Crippen LogP contribution in [0.1, 0.15) is 12.0 Å². The normalized spacial score (nSPS) is 11.8. The van der Waals surface area contributed by atoms with Gasteiger partial charge in [0.25, 0.3) is 0 Å². The van der Waals surface area contributed by atoms with Crippen LogP contribution < -0.4 is 10.6 Å². The highest BCUT2D eigenvalue weighted by Crippen LogP contribution is 1.98. The van der Waals surface area contributed by atoms with Crippen molar-refractivity contribution in [1.82, 2.24) is 10.6 Å². The number of carboxylic acid groups (broad SMARTS) is 1. The number of carbonyl (C=O) groups excluding carboxylic acids is 1. The van der Waals surface area contributed by atoms with E-state index in [4.69, 9.17) is 5.11 Å². The van der Waals surface area contributed by atoms with Crippen molar-refractivity contribution in [3.63, 3.8) is 0 Å². The lowest BCUT2D eigenvalue weighted by atomic mass is 10.2. The number of benzene rings is 1. The van der Waals surface area contributed by atoms with Crippen LogP contribution in [0.3, 0.4) is 0 Å². The lowest BCUT2D eigenvalue weighted by molar-refractivity contribution is -0.141. The van der Waals surface area contributed by atoms with Gasteiger partial charge in [0.05, 0.1) is 6.42 Å². The SMILES string of the molecule is CN[C@@H](CC(=O)NCc1ccccc1)C(=O)O. The Morgan fingerprint density at radius 1 is 1.29 bits per heavy atom. The topological polar surface area (TPSA) is 78.4 Å². The summed E-state index contributed by atoms with van der Waals surface area (Å²) in [5, 5.41) is 14.0. The third-order valence-corrected chi connectivity index (χ3v) is 2.37. The number of rotatable bonds is 6. The summed E-state index contributed by atoms with van der Waals surface area (Å²) in [7, 11) is 1.52. The Morgan fingerprint density at radius 3 is 2.47 bits per heavy atom. The summed E-state index contributed by atoms with van der Waals surface area (Å²) >= 11 is 0. The lowest BCUT2D eigenvalue weighted by Crippen LogP contribution is -2.39. The predicted octanol–water partition coefficient (Wildman–Crippen LogP) is 0.365. The molecular formula is C12H16N2O3. The fourth-order valence-corrected chi connectivity index (χ4v) is 1.37. The second-order valence-electron chi connectivity index (χ2n) is 3.65. The van der Waals surface area contributed by atoms with E-state index in [9.17, 15) is 9.59 Å². The Morgan fingerprint density at radius 2 is 1.94 bits per heavy atom. The number of nitrogens with one attached hydrogen (secondary N) is 2. The zero-order valence-corrected chi connectivity index (χ0v) is 9.64. The van der Waals surface area contributed by atoms with Crippen LogP contribution in [-0.4, -0.2) is 30.1 Å². The highest BCUT2D eigenvalue weighted by atomic mass is 16.4. The van der Waals surface area contributed by atoms with Crippen molar-refractivity contribution in [2.45, 2.75) is 19.0 Å². The molecule has 1 rings (SSSR count). The standard InChI is InChI=1S/C12H16N2O3/c1-13-10(12(16)17)7-11(15)14-8-9-5-3-2-4-6-9/h2-6,10,13H,7-8H2,1H3,(H,14,15)(H,16,17)/t10-/m0/s1. The van der Waals surface area contributed by atoms with Gasteiger partial charge in [0, 0.05) is 6.54 Å². The number of aliphatic carboxylic acids is 1. The third-order valence-electron chi connectivity index (χ3n) is 2.37. The minimum atomic E-state index is -1.03. The van der Waals surface area contributed by atoms with Crippen LogP contribution in [0.5, 0.6) is 0 Å². The van der Waals surface area contributed by atoms with E-state index in [1.165, 1.54) is 7.05 Å². The van der Waals surface area contributed by atoms with Gasteiger partial charge in [-0.1, -0.05) is 30.3 Å². The minimum absolute atomic E-state index is 0.0708. The molecule has 1 aromatic carbocycles. The van der Waals surface area contributed by atoms with Gasteiger partial charge in [0.15, 0.2) is 0 Å². The van der Waals surface area contributed by atoms with Gasteiger partial charge in [-0.05, 0) is 12.6 Å². The van der Waals surface area contributed by atoms with Crippen molar-refractivity contribution >= 4 is 11.9 Å². The number of amides is 1. The molecule has 0 unspecified atom stereocenters. The Labute approximate surface area is 99.8 Å². The van der Waals surface area contributed by atoms with Crippen LogP contribution in [0.25, 0.3) is 0 Å². The molecule has 0 radical (unpaired) electrons. The maximum absolute atomic E-state index is 11.5. The first kappa shape index (κ1) is 13.2. The highest BCUT2D eigenvalue weighted by molar-refractivity contribution is 5.84. The van der Waals surface area contributed by atoms with E-state index >= 15 is 0 Å². The smallest absolute Gasteiger partial charge is 0.321 e. The molecule has 5 nitrogen and oxygen atoms in total. The summed E-state index contributed by atoms with van der Waals surface area (Å²) in [6, 6.07) is 8.61. The van der Waals surface area contributed by atoms with Crippen molar-refractivity contribution in [2.75, 3.05) is 7.05 Å². The van der Waals surface area contributed by atoms with Gasteiger partial charge in [-0.3, -0.25) is 9.59 Å². The van der Waals surface area contributed by atoms with E-state index < -0.39 is 12.0 Å². The van der Waals surface area contributed by atoms with Gasteiger partial charge >= 0.3 is 5.97 Å². The molecule has 5 heteroatoms. The second kappa shape index (κ2) is 6.65. The molecule has 0 bridgehead atoms. The lowest BCUT2D eigenvalue weighted by Gasteiger charge is -2.11. The second-order valence-corrected chi connectivity index (χ2v) is 3.65. The Hall–Kier alpha value is -1.88. The summed E-state index contributed by atoms with van der Waals surface area (Å²) in [5.74, 6) is -1.31. The van der Waals surface area contributed by atoms with Crippen LogP contribution in [-0.2, 0) is 16.1 Å². The van der Waals surface area contributed by atoms with Crippen molar-refractivity contribution in [3.05, 3.63) is 35.9 Å². The molecule has 1 amide bonds. The van der Waals surface area contributed by atoms with E-state index in [1.807, 2.05) is 30.3 Å². The molecule has 0 spiro atoms. The summed E-state index contributed by atoms with van der Waals surface area (Å²) in [4.78, 5) is 22.2. The van der Waals surface area contributed by atoms with Gasteiger partial charge in [0.2, 0.25) is 5.91 Å². The Bertz CT molecular complexity index is 379. The number of hydrogen-bond acceptors (Lipinski definition) is 3. The van der Waals surface area contributed by atoms with E-state index in [1.54, 1.807) is 0 Å².